The fourth-order valence-corrected chi connectivity index (χ4v) is 4.40. The van der Waals surface area contributed by atoms with Gasteiger partial charge in [-0.15, -0.1) is 10.2 Å². The molecule has 32 heavy (non-hydrogen) atoms. The van der Waals surface area contributed by atoms with E-state index in [4.69, 9.17) is 0 Å². The zero-order valence-corrected chi connectivity index (χ0v) is 18.8. The van der Waals surface area contributed by atoms with E-state index in [9.17, 15) is 9.59 Å². The maximum absolute atomic E-state index is 12.6. The molecule has 2 aromatic carbocycles. The third-order valence-electron chi connectivity index (χ3n) is 4.98. The maximum atomic E-state index is 12.6. The normalized spacial score (nSPS) is 11.1. The van der Waals surface area contributed by atoms with Crippen molar-refractivity contribution in [1.82, 2.24) is 20.5 Å². The Balaban J connectivity index is 1.34. The minimum absolute atomic E-state index is 0.184. The average molecular weight is 448 g/mol. The molecule has 2 amide bonds. The molecule has 0 radical (unpaired) electrons. The van der Waals surface area contributed by atoms with Crippen LogP contribution < -0.4 is 10.6 Å². The van der Waals surface area contributed by atoms with Crippen molar-refractivity contribution in [2.45, 2.75) is 26.7 Å². The Morgan fingerprint density at radius 3 is 2.75 bits per heavy atom. The number of nitrogens with zero attached hydrogens (tertiary/aromatic N) is 2. The molecule has 0 aliphatic rings. The number of para-hydroxylation sites is 1. The number of hydrogen-bond donors (Lipinski definition) is 3. The Morgan fingerprint density at radius 1 is 1.06 bits per heavy atom. The highest BCUT2D eigenvalue weighted by atomic mass is 32.1. The SMILES string of the molecule is CC(C)Cc1nnc(C(=O)Nc2cccc(C(=O)NCCc3c[nH]c4ccccc34)c2)s1. The smallest absolute Gasteiger partial charge is 0.286 e. The summed E-state index contributed by atoms with van der Waals surface area (Å²) in [7, 11) is 0. The van der Waals surface area contributed by atoms with Gasteiger partial charge in [-0.05, 0) is 42.2 Å². The fraction of sp³-hybridized carbons (Fsp3) is 0.250. The first-order valence-corrected chi connectivity index (χ1v) is 11.4. The number of nitrogens with one attached hydrogen (secondary N) is 3. The van der Waals surface area contributed by atoms with E-state index in [-0.39, 0.29) is 11.8 Å². The highest BCUT2D eigenvalue weighted by Gasteiger charge is 2.15. The quantitative estimate of drug-likeness (QED) is 0.372. The van der Waals surface area contributed by atoms with Crippen LogP contribution in [0.1, 0.15) is 44.6 Å². The second-order valence-corrected chi connectivity index (χ2v) is 9.06. The van der Waals surface area contributed by atoms with E-state index in [0.717, 1.165) is 28.9 Å². The van der Waals surface area contributed by atoms with E-state index < -0.39 is 0 Å². The topological polar surface area (TPSA) is 99.8 Å². The molecule has 4 aromatic rings. The van der Waals surface area contributed by atoms with E-state index in [0.29, 0.717) is 28.7 Å². The molecule has 0 saturated heterocycles. The number of rotatable bonds is 8. The lowest BCUT2D eigenvalue weighted by Crippen LogP contribution is -2.25. The number of hydrogen-bond acceptors (Lipinski definition) is 5. The van der Waals surface area contributed by atoms with Crippen LogP contribution in [0, 0.1) is 5.92 Å². The molecule has 2 heterocycles. The van der Waals surface area contributed by atoms with Gasteiger partial charge in [0.25, 0.3) is 11.8 Å². The largest absolute Gasteiger partial charge is 0.361 e. The number of carbonyl (C=O) groups excluding carboxylic acids is 2. The predicted molar refractivity (Wildman–Crippen MR) is 127 cm³/mol. The minimum atomic E-state index is -0.325. The summed E-state index contributed by atoms with van der Waals surface area (Å²) >= 11 is 1.29. The molecule has 0 spiro atoms. The summed E-state index contributed by atoms with van der Waals surface area (Å²) in [5, 5.41) is 16.1. The van der Waals surface area contributed by atoms with Crippen LogP contribution in [0.25, 0.3) is 10.9 Å². The van der Waals surface area contributed by atoms with Crippen LogP contribution in [-0.2, 0) is 12.8 Å². The lowest BCUT2D eigenvalue weighted by atomic mass is 10.1. The first kappa shape index (κ1) is 21.7. The summed E-state index contributed by atoms with van der Waals surface area (Å²) in [6, 6.07) is 15.0. The number of H-pyrrole nitrogens is 1. The minimum Gasteiger partial charge on any atom is -0.361 e. The Kier molecular flexibility index (Phi) is 6.61. The summed E-state index contributed by atoms with van der Waals surface area (Å²) in [6.07, 6.45) is 3.49. The Morgan fingerprint density at radius 2 is 1.91 bits per heavy atom. The van der Waals surface area contributed by atoms with Crippen LogP contribution in [0.5, 0.6) is 0 Å². The van der Waals surface area contributed by atoms with Crippen molar-refractivity contribution >= 4 is 39.7 Å². The Hall–Kier alpha value is -3.52. The maximum Gasteiger partial charge on any atom is 0.286 e. The summed E-state index contributed by atoms with van der Waals surface area (Å²) < 4.78 is 0. The molecule has 0 bridgehead atoms. The number of aromatic nitrogens is 3. The number of fused-ring (bicyclic) bond motifs is 1. The predicted octanol–water partition coefficient (Wildman–Crippen LogP) is 4.44. The second-order valence-electron chi connectivity index (χ2n) is 8.00. The fourth-order valence-electron chi connectivity index (χ4n) is 3.45. The summed E-state index contributed by atoms with van der Waals surface area (Å²) in [6.45, 7) is 4.71. The van der Waals surface area contributed by atoms with Crippen LogP contribution in [0.3, 0.4) is 0 Å². The van der Waals surface area contributed by atoms with Gasteiger partial charge in [0.05, 0.1) is 0 Å². The van der Waals surface area contributed by atoms with Gasteiger partial charge in [0.2, 0.25) is 5.01 Å². The van der Waals surface area contributed by atoms with E-state index in [2.05, 4.69) is 45.7 Å². The molecule has 0 fully saturated rings. The zero-order valence-electron chi connectivity index (χ0n) is 18.0. The molecular weight excluding hydrogens is 422 g/mol. The van der Waals surface area contributed by atoms with Crippen molar-refractivity contribution in [2.75, 3.05) is 11.9 Å². The van der Waals surface area contributed by atoms with Crippen molar-refractivity contribution in [3.63, 3.8) is 0 Å². The standard InChI is InChI=1S/C24H25N5O2S/c1-15(2)12-21-28-29-24(32-21)23(31)27-18-7-5-6-16(13-18)22(30)25-11-10-17-14-26-20-9-4-3-8-19(17)20/h3-9,13-15,26H,10-12H2,1-2H3,(H,25,30)(H,27,31). The summed E-state index contributed by atoms with van der Waals surface area (Å²) in [4.78, 5) is 28.3. The molecule has 0 aliphatic carbocycles. The number of benzene rings is 2. The molecule has 0 unspecified atom stereocenters. The first-order chi connectivity index (χ1) is 15.5. The highest BCUT2D eigenvalue weighted by molar-refractivity contribution is 7.13. The van der Waals surface area contributed by atoms with E-state index in [1.165, 1.54) is 16.7 Å². The van der Waals surface area contributed by atoms with Gasteiger partial charge in [-0.25, -0.2) is 0 Å². The van der Waals surface area contributed by atoms with Crippen molar-refractivity contribution in [1.29, 1.82) is 0 Å². The number of amides is 2. The molecular formula is C24H25N5O2S. The molecule has 8 heteroatoms. The summed E-state index contributed by atoms with van der Waals surface area (Å²) in [5.41, 5.74) is 3.28. The van der Waals surface area contributed by atoms with Crippen LogP contribution in [-0.4, -0.2) is 33.5 Å². The molecule has 4 rings (SSSR count). The first-order valence-electron chi connectivity index (χ1n) is 10.6. The van der Waals surface area contributed by atoms with E-state index >= 15 is 0 Å². The molecule has 2 aromatic heterocycles. The average Bonchev–Trinajstić information content (AvgIpc) is 3.41. The van der Waals surface area contributed by atoms with Gasteiger partial charge in [0.15, 0.2) is 0 Å². The van der Waals surface area contributed by atoms with Gasteiger partial charge in [0.1, 0.15) is 5.01 Å². The van der Waals surface area contributed by atoms with Crippen LogP contribution in [0.4, 0.5) is 5.69 Å². The van der Waals surface area contributed by atoms with Crippen LogP contribution >= 0.6 is 11.3 Å². The summed E-state index contributed by atoms with van der Waals surface area (Å²) in [5.74, 6) is -0.0597. The molecule has 164 valence electrons. The van der Waals surface area contributed by atoms with Gasteiger partial charge in [-0.2, -0.15) is 0 Å². The number of aromatic amines is 1. The van der Waals surface area contributed by atoms with Crippen molar-refractivity contribution < 1.29 is 9.59 Å². The van der Waals surface area contributed by atoms with Gasteiger partial charge in [-0.1, -0.05) is 49.4 Å². The van der Waals surface area contributed by atoms with Gasteiger partial charge >= 0.3 is 0 Å². The van der Waals surface area contributed by atoms with Crippen LogP contribution in [0.2, 0.25) is 0 Å². The third-order valence-corrected chi connectivity index (χ3v) is 5.93. The van der Waals surface area contributed by atoms with E-state index in [1.54, 1.807) is 24.3 Å². The Labute approximate surface area is 190 Å². The van der Waals surface area contributed by atoms with Crippen molar-refractivity contribution in [2.24, 2.45) is 5.92 Å². The third kappa shape index (κ3) is 5.20. The van der Waals surface area contributed by atoms with Gasteiger partial charge < -0.3 is 15.6 Å². The molecule has 0 atom stereocenters. The lowest BCUT2D eigenvalue weighted by Gasteiger charge is -2.07. The molecule has 0 aliphatic heterocycles. The number of carbonyl (C=O) groups is 2. The monoisotopic (exact) mass is 447 g/mol. The van der Waals surface area contributed by atoms with Crippen molar-refractivity contribution in [3.05, 3.63) is 75.9 Å². The molecule has 7 nitrogen and oxygen atoms in total. The number of anilines is 1. The second kappa shape index (κ2) is 9.74. The van der Waals surface area contributed by atoms with E-state index in [1.807, 2.05) is 24.4 Å². The Bertz CT molecular complexity index is 1240. The van der Waals surface area contributed by atoms with Crippen molar-refractivity contribution in [3.8, 4) is 0 Å². The van der Waals surface area contributed by atoms with Gasteiger partial charge in [0, 0.05) is 41.3 Å². The highest BCUT2D eigenvalue weighted by Crippen LogP contribution is 2.19. The zero-order chi connectivity index (χ0) is 22.5. The molecule has 3 N–H and O–H groups in total. The van der Waals surface area contributed by atoms with Gasteiger partial charge in [-0.3, -0.25) is 9.59 Å². The van der Waals surface area contributed by atoms with Crippen LogP contribution in [0.15, 0.2) is 54.7 Å². The molecule has 0 saturated carbocycles. The lowest BCUT2D eigenvalue weighted by molar-refractivity contribution is 0.0952.